The number of anilines is 4. The van der Waals surface area contributed by atoms with Crippen molar-refractivity contribution in [3.8, 4) is 0 Å². The van der Waals surface area contributed by atoms with Crippen LogP contribution in [0, 0.1) is 71.6 Å². The van der Waals surface area contributed by atoms with E-state index >= 15 is 0 Å². The van der Waals surface area contributed by atoms with Gasteiger partial charge in [-0.2, -0.15) is 0 Å². The first-order valence-corrected chi connectivity index (χ1v) is 55.3. The van der Waals surface area contributed by atoms with Crippen molar-refractivity contribution in [3.05, 3.63) is 377 Å². The number of fused-ring (bicyclic) bond motifs is 8. The van der Waals surface area contributed by atoms with Crippen LogP contribution < -0.4 is 19.6 Å². The Morgan fingerprint density at radius 2 is 0.640 bits per heavy atom. The normalized spacial score (nSPS) is 22.3. The van der Waals surface area contributed by atoms with Gasteiger partial charge in [-0.15, -0.1) is 0 Å². The molecule has 0 saturated carbocycles. The van der Waals surface area contributed by atoms with Crippen molar-refractivity contribution in [3.63, 3.8) is 0 Å². The van der Waals surface area contributed by atoms with E-state index in [0.29, 0.717) is 70.0 Å². The van der Waals surface area contributed by atoms with Gasteiger partial charge in [0.15, 0.2) is 22.3 Å². The van der Waals surface area contributed by atoms with Gasteiger partial charge in [0.25, 0.3) is 22.8 Å². The van der Waals surface area contributed by atoms with Crippen molar-refractivity contribution < 1.29 is 17.7 Å². The number of unbranched alkanes of at least 4 members (excludes halogenated alkanes) is 2. The fourth-order valence-corrected chi connectivity index (χ4v) is 26.7. The first-order chi connectivity index (χ1) is 72.2. The molecule has 4 aliphatic heterocycles. The predicted molar refractivity (Wildman–Crippen MR) is 617 cm³/mol. The van der Waals surface area contributed by atoms with Crippen molar-refractivity contribution in [1.82, 2.24) is 19.9 Å². The summed E-state index contributed by atoms with van der Waals surface area (Å²) in [5, 5.41) is 0. The van der Waals surface area contributed by atoms with E-state index < -0.39 is 0 Å². The van der Waals surface area contributed by atoms with Crippen LogP contribution in [0.1, 0.15) is 293 Å². The summed E-state index contributed by atoms with van der Waals surface area (Å²) in [5.74, 6) is 3.68. The third kappa shape index (κ3) is 20.2. The lowest BCUT2D eigenvalue weighted by atomic mass is 9.62. The highest BCUT2D eigenvalue weighted by Gasteiger charge is 2.47. The van der Waals surface area contributed by atoms with Gasteiger partial charge < -0.3 is 37.3 Å². The molecule has 16 nitrogen and oxygen atoms in total. The molecule has 12 aliphatic rings. The zero-order valence-corrected chi connectivity index (χ0v) is 90.9. The summed E-state index contributed by atoms with van der Waals surface area (Å²) in [6.07, 6.45) is 43.3. The van der Waals surface area contributed by atoms with Crippen LogP contribution >= 0.6 is 0 Å². The van der Waals surface area contributed by atoms with Gasteiger partial charge in [-0.25, -0.2) is 39.3 Å². The molecule has 4 unspecified atom stereocenters. The second-order valence-electron chi connectivity index (χ2n) is 48.4. The lowest BCUT2D eigenvalue weighted by Gasteiger charge is -2.48. The molecular formula is C134H144N12O4. The van der Waals surface area contributed by atoms with Crippen molar-refractivity contribution in [2.24, 2.45) is 45.3 Å². The zero-order chi connectivity index (χ0) is 104. The van der Waals surface area contributed by atoms with E-state index in [1.54, 1.807) is 16.8 Å². The molecule has 150 heavy (non-hydrogen) atoms. The SMILES string of the molecule is [C-]#[N+]/C(=C1\C=C2C=C(c3cc4c5c(c3)C(C)(C)CCN5CCC4(C)C)CCC2C(C)(C)C1)c1nc2ccccc2o1.[C-]#[N+]/C(=C1\C=C2C=C(c3cc4c5c(c3)CCCN5CCC4)CCC2C(C)(C)C1)c1nc2ccccc2o1.[C-]#[N+]/C(=C1\C=C2C=C(c3ccc(N(C)C)cc3)CCC2C(C)(C)C1)c1nc2ccccc2o1.[C-]#[N+]/C(=C1\C=C2C=C(c3ccc(N(CCCC)CCCC)cc3)CCC2C(C)(C)C1)c1nc2ccccc2o1. The fourth-order valence-electron chi connectivity index (χ4n) is 26.7. The molecule has 8 heterocycles. The Hall–Kier alpha value is -14.3. The Kier molecular flexibility index (Phi) is 27.9. The smallest absolute Gasteiger partial charge is 0.250 e. The minimum atomic E-state index is 0.0513. The van der Waals surface area contributed by atoms with Crippen LogP contribution in [0.2, 0.25) is 0 Å². The molecule has 0 bridgehead atoms. The molecule has 12 aromatic rings. The van der Waals surface area contributed by atoms with Gasteiger partial charge in [-0.1, -0.05) is 231 Å². The lowest BCUT2D eigenvalue weighted by Crippen LogP contribution is -2.44. The summed E-state index contributed by atoms with van der Waals surface area (Å²) in [7, 11) is 4.13. The molecule has 8 aromatic carbocycles. The number of oxazole rings is 4. The quantitative estimate of drug-likeness (QED) is 0.0852. The number of rotatable bonds is 16. The average Bonchev–Trinajstić information content (AvgIpc) is 0.876. The summed E-state index contributed by atoms with van der Waals surface area (Å²) in [4.78, 5) is 44.3. The predicted octanol–water partition coefficient (Wildman–Crippen LogP) is 34.6. The second-order valence-corrected chi connectivity index (χ2v) is 48.4. The van der Waals surface area contributed by atoms with Crippen LogP contribution in [0.4, 0.5) is 22.7 Å². The number of hydrogen-bond donors (Lipinski definition) is 0. The highest BCUT2D eigenvalue weighted by Crippen LogP contribution is 2.59. The molecule has 0 fully saturated rings. The Labute approximate surface area is 888 Å². The van der Waals surface area contributed by atoms with Gasteiger partial charge >= 0.3 is 0 Å². The highest BCUT2D eigenvalue weighted by molar-refractivity contribution is 5.87. The molecule has 4 aromatic heterocycles. The van der Waals surface area contributed by atoms with Crippen molar-refractivity contribution in [2.75, 3.05) is 73.0 Å². The molecule has 0 saturated heterocycles. The molecule has 0 amide bonds. The molecule has 0 N–H and O–H groups in total. The number of aromatic nitrogens is 4. The first kappa shape index (κ1) is 102. The van der Waals surface area contributed by atoms with Gasteiger partial charge in [0.2, 0.25) is 23.6 Å². The standard InChI is InChI=1S/C37H41N3O.C35H41N3O.C33H33N3O.C29H29N3O/c1-35(2)14-16-40-17-15-36(3,4)29-21-24(20-28(35)33(29)40)23-12-13-27-25(18-23)19-26(22-37(27,5)6)32(38-7)34-39-30-10-8-9-11-31(30)41-34;1-6-8-20-38(21-9-7-2)29-17-14-25(15-18-29)26-16-19-30-27(22-26)23-28(24-35(30,3)4)33(36-5)34-37-31-12-10-11-13-32(31)39-34;1-33(2)20-26(30(34-3)32-35-28-10-4-5-11-29(28)37-32)19-25-16-21(12-13-27(25)33)24-17-22-8-6-14-36-15-7-9-23(18-24)31(22)36;1-29(2)18-22(27(30-3)28-31-25-8-6-7-9-26(25)33-28)17-21-16-20(12-15-24(21)29)19-10-13-23(14-11-19)32(4)5/h8-11,18-21,27H,12-17,22H2,1-6H3;10-15,17-18,22-23,30H,6-9,16,19-21,24H2,1-4H3;4-5,10-11,16-19,27H,6-9,12-15,20H2,1-2H3;6-11,13-14,16-17,24H,12,15,18H2,1-2,4-5H3/b32-26+;33-28+;30-26+;27-22+. The Balaban J connectivity index is 0.000000117. The topological polar surface area (TPSA) is 135 Å². The van der Waals surface area contributed by atoms with E-state index in [2.05, 4.69) is 291 Å². The van der Waals surface area contributed by atoms with Crippen molar-refractivity contribution >= 4 is 112 Å². The third-order valence-electron chi connectivity index (χ3n) is 35.0. The number of nitrogens with zero attached hydrogens (tertiary/aromatic N) is 12. The van der Waals surface area contributed by atoms with E-state index in [4.69, 9.17) is 44.0 Å². The molecule has 16 heteroatoms. The number of hydrogen-bond acceptors (Lipinski definition) is 12. The Morgan fingerprint density at radius 3 is 0.940 bits per heavy atom. The average molecular weight is 1990 g/mol. The molecule has 0 radical (unpaired) electrons. The molecule has 764 valence electrons. The van der Waals surface area contributed by atoms with E-state index in [-0.39, 0.29) is 32.5 Å². The molecular weight excluding hydrogens is 1840 g/mol. The van der Waals surface area contributed by atoms with Crippen LogP contribution in [0.5, 0.6) is 0 Å². The van der Waals surface area contributed by atoms with Gasteiger partial charge in [0.1, 0.15) is 22.1 Å². The summed E-state index contributed by atoms with van der Waals surface area (Å²) in [6.45, 7) is 72.0. The first-order valence-electron chi connectivity index (χ1n) is 55.3. The maximum atomic E-state index is 8.09. The number of para-hydroxylation sites is 8. The van der Waals surface area contributed by atoms with E-state index in [1.807, 2.05) is 97.1 Å². The number of aryl methyl sites for hydroxylation is 2. The lowest BCUT2D eigenvalue weighted by molar-refractivity contribution is 0.228. The Bertz CT molecular complexity index is 7700. The maximum absolute atomic E-state index is 8.09. The summed E-state index contributed by atoms with van der Waals surface area (Å²) < 4.78 is 24.1. The molecule has 24 rings (SSSR count). The summed E-state index contributed by atoms with van der Waals surface area (Å²) >= 11 is 0. The van der Waals surface area contributed by atoms with Crippen LogP contribution in [-0.4, -0.2) is 73.3 Å². The Morgan fingerprint density at radius 1 is 0.347 bits per heavy atom. The van der Waals surface area contributed by atoms with E-state index in [1.165, 1.54) is 172 Å². The molecule has 0 spiro atoms. The monoisotopic (exact) mass is 1990 g/mol. The van der Waals surface area contributed by atoms with Gasteiger partial charge in [0, 0.05) is 76.1 Å². The number of allylic oxidation sites excluding steroid dienone is 20. The molecule has 8 aliphatic carbocycles. The van der Waals surface area contributed by atoms with Gasteiger partial charge in [-0.05, 0) is 393 Å². The summed E-state index contributed by atoms with van der Waals surface area (Å²) in [6, 6.07) is 59.0. The van der Waals surface area contributed by atoms with Gasteiger partial charge in [-0.3, -0.25) is 0 Å². The third-order valence-corrected chi connectivity index (χ3v) is 35.0. The number of benzene rings is 8. The van der Waals surface area contributed by atoms with Crippen LogP contribution in [-0.2, 0) is 23.7 Å². The fraction of sp³-hybridized carbons (Fsp3) is 0.403. The van der Waals surface area contributed by atoms with E-state index in [0.717, 1.165) is 170 Å². The largest absolute Gasteiger partial charge is 0.447 e. The minimum absolute atomic E-state index is 0.0513. The molecule has 4 atom stereocenters. The van der Waals surface area contributed by atoms with Crippen LogP contribution in [0.15, 0.2) is 281 Å². The van der Waals surface area contributed by atoms with Crippen LogP contribution in [0.25, 0.3) is 109 Å². The van der Waals surface area contributed by atoms with Crippen molar-refractivity contribution in [2.45, 2.75) is 249 Å². The van der Waals surface area contributed by atoms with Crippen molar-refractivity contribution in [1.29, 1.82) is 0 Å². The second kappa shape index (κ2) is 41.2. The van der Waals surface area contributed by atoms with Gasteiger partial charge in [0.05, 0.1) is 26.3 Å². The summed E-state index contributed by atoms with van der Waals surface area (Å²) in [5.41, 5.74) is 41.1. The van der Waals surface area contributed by atoms with E-state index in [9.17, 15) is 0 Å². The minimum Gasteiger partial charge on any atom is -0.447 e. The highest BCUT2D eigenvalue weighted by atomic mass is 16.4. The van der Waals surface area contributed by atoms with Crippen LogP contribution in [0.3, 0.4) is 0 Å². The maximum Gasteiger partial charge on any atom is 0.250 e. The zero-order valence-electron chi connectivity index (χ0n) is 90.9.